The number of nitrogens with one attached hydrogen (secondary N) is 1. The molecular weight excluding hydrogens is 294 g/mol. The summed E-state index contributed by atoms with van der Waals surface area (Å²) in [6.07, 6.45) is 2.68. The first-order chi connectivity index (χ1) is 10.1. The van der Waals surface area contributed by atoms with Crippen LogP contribution >= 0.6 is 0 Å². The van der Waals surface area contributed by atoms with Crippen molar-refractivity contribution in [1.29, 1.82) is 0 Å². The lowest BCUT2D eigenvalue weighted by atomic mass is 10.1. The van der Waals surface area contributed by atoms with Gasteiger partial charge >= 0.3 is 10.2 Å². The van der Waals surface area contributed by atoms with E-state index < -0.39 is 10.2 Å². The summed E-state index contributed by atoms with van der Waals surface area (Å²) >= 11 is 0. The van der Waals surface area contributed by atoms with E-state index in [2.05, 4.69) is 4.72 Å². The Hall–Kier alpha value is -1.51. The van der Waals surface area contributed by atoms with Gasteiger partial charge in [0.25, 0.3) is 0 Å². The molecule has 3 rings (SSSR count). The molecular formula is C13H19N3O4S. The van der Waals surface area contributed by atoms with Crippen molar-refractivity contribution in [1.82, 2.24) is 4.31 Å². The van der Waals surface area contributed by atoms with Crippen LogP contribution in [-0.2, 0) is 10.2 Å². The van der Waals surface area contributed by atoms with Gasteiger partial charge in [-0.05, 0) is 25.0 Å². The molecule has 1 atom stereocenters. The second-order valence-electron chi connectivity index (χ2n) is 5.17. The van der Waals surface area contributed by atoms with Crippen molar-refractivity contribution in [3.63, 3.8) is 0 Å². The third kappa shape index (κ3) is 2.92. The molecule has 0 radical (unpaired) electrons. The van der Waals surface area contributed by atoms with E-state index in [4.69, 9.17) is 15.2 Å². The molecule has 0 saturated carbocycles. The van der Waals surface area contributed by atoms with E-state index in [0.29, 0.717) is 30.3 Å². The lowest BCUT2D eigenvalue weighted by molar-refractivity contribution is 0.174. The number of hydrogen-bond acceptors (Lipinski definition) is 5. The minimum absolute atomic E-state index is 0.134. The quantitative estimate of drug-likeness (QED) is 0.861. The summed E-state index contributed by atoms with van der Waals surface area (Å²) in [6.45, 7) is 0.997. The van der Waals surface area contributed by atoms with Gasteiger partial charge in [-0.2, -0.15) is 12.7 Å². The maximum absolute atomic E-state index is 12.5. The van der Waals surface area contributed by atoms with E-state index in [1.807, 2.05) is 0 Å². The number of benzene rings is 1. The summed E-state index contributed by atoms with van der Waals surface area (Å²) in [5.74, 6) is 1.17. The minimum Gasteiger partial charge on any atom is -0.454 e. The molecule has 1 fully saturated rings. The van der Waals surface area contributed by atoms with Gasteiger partial charge in [-0.3, -0.25) is 4.72 Å². The highest BCUT2D eigenvalue weighted by Gasteiger charge is 2.31. The van der Waals surface area contributed by atoms with Crippen LogP contribution in [0.2, 0.25) is 0 Å². The third-order valence-corrected chi connectivity index (χ3v) is 5.37. The van der Waals surface area contributed by atoms with Crippen LogP contribution in [0.1, 0.15) is 19.3 Å². The Morgan fingerprint density at radius 2 is 2.10 bits per heavy atom. The first kappa shape index (κ1) is 14.4. The highest BCUT2D eigenvalue weighted by Crippen LogP contribution is 2.34. The second-order valence-corrected chi connectivity index (χ2v) is 6.79. The molecule has 0 aliphatic carbocycles. The van der Waals surface area contributed by atoms with Gasteiger partial charge < -0.3 is 15.2 Å². The zero-order valence-electron chi connectivity index (χ0n) is 11.6. The Morgan fingerprint density at radius 1 is 1.29 bits per heavy atom. The van der Waals surface area contributed by atoms with Crippen molar-refractivity contribution in [2.75, 3.05) is 24.6 Å². The van der Waals surface area contributed by atoms with E-state index in [1.165, 1.54) is 4.31 Å². The first-order valence-corrected chi connectivity index (χ1v) is 8.43. The van der Waals surface area contributed by atoms with Crippen LogP contribution in [0.3, 0.4) is 0 Å². The number of nitrogens with two attached hydrogens (primary N) is 1. The van der Waals surface area contributed by atoms with Gasteiger partial charge in [-0.1, -0.05) is 6.42 Å². The van der Waals surface area contributed by atoms with E-state index in [0.717, 1.165) is 19.3 Å². The molecule has 2 aliphatic heterocycles. The van der Waals surface area contributed by atoms with Crippen molar-refractivity contribution in [3.05, 3.63) is 18.2 Å². The van der Waals surface area contributed by atoms with Gasteiger partial charge in [0.1, 0.15) is 0 Å². The first-order valence-electron chi connectivity index (χ1n) is 6.99. The van der Waals surface area contributed by atoms with Gasteiger partial charge in [-0.25, -0.2) is 0 Å². The van der Waals surface area contributed by atoms with Crippen molar-refractivity contribution in [2.24, 2.45) is 5.73 Å². The monoisotopic (exact) mass is 313 g/mol. The van der Waals surface area contributed by atoms with Crippen molar-refractivity contribution in [2.45, 2.75) is 25.3 Å². The van der Waals surface area contributed by atoms with E-state index >= 15 is 0 Å². The molecule has 2 heterocycles. The lowest BCUT2D eigenvalue weighted by Gasteiger charge is -2.33. The maximum Gasteiger partial charge on any atom is 0.301 e. The number of piperidine rings is 1. The molecule has 116 valence electrons. The van der Waals surface area contributed by atoms with E-state index in [-0.39, 0.29) is 12.8 Å². The van der Waals surface area contributed by atoms with Crippen LogP contribution < -0.4 is 19.9 Å². The molecule has 1 saturated heterocycles. The normalized spacial score (nSPS) is 22.2. The Kier molecular flexibility index (Phi) is 3.92. The van der Waals surface area contributed by atoms with Crippen molar-refractivity contribution in [3.8, 4) is 11.5 Å². The third-order valence-electron chi connectivity index (χ3n) is 3.77. The Bertz CT molecular complexity index is 620. The molecule has 1 aromatic rings. The van der Waals surface area contributed by atoms with Crippen molar-refractivity contribution < 1.29 is 17.9 Å². The molecule has 1 aromatic carbocycles. The molecule has 7 nitrogen and oxygen atoms in total. The summed E-state index contributed by atoms with van der Waals surface area (Å²) in [6, 6.07) is 4.84. The predicted octanol–water partition coefficient (Wildman–Crippen LogP) is 0.885. The molecule has 8 heteroatoms. The minimum atomic E-state index is -3.61. The fourth-order valence-electron chi connectivity index (χ4n) is 2.69. The molecule has 0 amide bonds. The SMILES string of the molecule is NCC1CCCCN1S(=O)(=O)Nc1ccc2c(c1)OCO2. The zero-order chi connectivity index (χ0) is 14.9. The predicted molar refractivity (Wildman–Crippen MR) is 78.5 cm³/mol. The summed E-state index contributed by atoms with van der Waals surface area (Å²) in [4.78, 5) is 0. The molecule has 0 bridgehead atoms. The molecule has 3 N–H and O–H groups in total. The van der Waals surface area contributed by atoms with Gasteiger partial charge in [0.05, 0.1) is 5.69 Å². The Balaban J connectivity index is 1.79. The fourth-order valence-corrected chi connectivity index (χ4v) is 4.19. The van der Waals surface area contributed by atoms with Gasteiger partial charge in [0, 0.05) is 25.2 Å². The highest BCUT2D eigenvalue weighted by molar-refractivity contribution is 7.90. The van der Waals surface area contributed by atoms with Gasteiger partial charge in [0.15, 0.2) is 11.5 Å². The molecule has 2 aliphatic rings. The number of fused-ring (bicyclic) bond motifs is 1. The number of rotatable bonds is 4. The Labute approximate surface area is 124 Å². The highest BCUT2D eigenvalue weighted by atomic mass is 32.2. The van der Waals surface area contributed by atoms with Crippen LogP contribution in [0, 0.1) is 0 Å². The van der Waals surface area contributed by atoms with E-state index in [9.17, 15) is 8.42 Å². The summed E-state index contributed by atoms with van der Waals surface area (Å²) in [7, 11) is -3.61. The van der Waals surface area contributed by atoms with Crippen LogP contribution in [0.4, 0.5) is 5.69 Å². The van der Waals surface area contributed by atoms with Crippen LogP contribution in [0.15, 0.2) is 18.2 Å². The average molecular weight is 313 g/mol. The van der Waals surface area contributed by atoms with Crippen LogP contribution in [-0.4, -0.2) is 38.6 Å². The fraction of sp³-hybridized carbons (Fsp3) is 0.538. The summed E-state index contributed by atoms with van der Waals surface area (Å²) < 4.78 is 39.5. The number of anilines is 1. The average Bonchev–Trinajstić information content (AvgIpc) is 2.94. The number of hydrogen-bond donors (Lipinski definition) is 2. The summed E-state index contributed by atoms with van der Waals surface area (Å²) in [5, 5.41) is 0. The smallest absolute Gasteiger partial charge is 0.301 e. The van der Waals surface area contributed by atoms with Crippen molar-refractivity contribution >= 4 is 15.9 Å². The molecule has 0 aromatic heterocycles. The van der Waals surface area contributed by atoms with Crippen LogP contribution in [0.25, 0.3) is 0 Å². The van der Waals surface area contributed by atoms with Crippen LogP contribution in [0.5, 0.6) is 11.5 Å². The van der Waals surface area contributed by atoms with Gasteiger partial charge in [-0.15, -0.1) is 0 Å². The molecule has 1 unspecified atom stereocenters. The topological polar surface area (TPSA) is 93.9 Å². The molecule has 0 spiro atoms. The second kappa shape index (κ2) is 5.70. The zero-order valence-corrected chi connectivity index (χ0v) is 12.4. The lowest BCUT2D eigenvalue weighted by Crippen LogP contribution is -2.49. The number of ether oxygens (including phenoxy) is 2. The molecule has 21 heavy (non-hydrogen) atoms. The van der Waals surface area contributed by atoms with E-state index in [1.54, 1.807) is 18.2 Å². The standard InChI is InChI=1S/C13H19N3O4S/c14-8-11-3-1-2-6-16(11)21(17,18)15-10-4-5-12-13(7-10)20-9-19-12/h4-5,7,11,15H,1-3,6,8-9,14H2. The number of nitrogens with zero attached hydrogens (tertiary/aromatic N) is 1. The Morgan fingerprint density at radius 3 is 2.90 bits per heavy atom. The maximum atomic E-state index is 12.5. The van der Waals surface area contributed by atoms with Gasteiger partial charge in [0.2, 0.25) is 6.79 Å². The summed E-state index contributed by atoms with van der Waals surface area (Å²) in [5.41, 5.74) is 6.15. The largest absolute Gasteiger partial charge is 0.454 e.